The number of fused-ring (bicyclic) bond motifs is 1. The summed E-state index contributed by atoms with van der Waals surface area (Å²) in [7, 11) is 0. The van der Waals surface area contributed by atoms with Crippen LogP contribution in [-0.4, -0.2) is 36.3 Å². The monoisotopic (exact) mass is 482 g/mol. The summed E-state index contributed by atoms with van der Waals surface area (Å²) in [6.45, 7) is 4.42. The third-order valence-electron chi connectivity index (χ3n) is 6.24. The van der Waals surface area contributed by atoms with Crippen LogP contribution in [0.15, 0.2) is 30.9 Å². The quantitative estimate of drug-likeness (QED) is 0.355. The molecule has 1 aliphatic carbocycles. The molecular formula is C25H25F3N6O. The van der Waals surface area contributed by atoms with E-state index in [2.05, 4.69) is 35.9 Å². The molecule has 4 heterocycles. The molecule has 0 N–H and O–H groups in total. The Kier molecular flexibility index (Phi) is 6.46. The Labute approximate surface area is 200 Å². The second kappa shape index (κ2) is 9.69. The average Bonchev–Trinajstić information content (AvgIpc) is 3.59. The number of ether oxygens (including phenoxy) is 1. The molecule has 182 valence electrons. The summed E-state index contributed by atoms with van der Waals surface area (Å²) >= 11 is 0. The summed E-state index contributed by atoms with van der Waals surface area (Å²) in [6.07, 6.45) is 11.9. The van der Waals surface area contributed by atoms with Crippen molar-refractivity contribution in [3.05, 3.63) is 65.3 Å². The summed E-state index contributed by atoms with van der Waals surface area (Å²) < 4.78 is 48.1. The van der Waals surface area contributed by atoms with Gasteiger partial charge in [-0.15, -0.1) is 0 Å². The van der Waals surface area contributed by atoms with Gasteiger partial charge in [-0.2, -0.15) is 5.10 Å². The van der Waals surface area contributed by atoms with E-state index in [-0.39, 0.29) is 22.4 Å². The van der Waals surface area contributed by atoms with Crippen LogP contribution in [0.1, 0.15) is 61.2 Å². The van der Waals surface area contributed by atoms with Crippen LogP contribution < -0.4 is 0 Å². The normalized spacial score (nSPS) is 17.8. The first kappa shape index (κ1) is 23.3. The zero-order valence-electron chi connectivity index (χ0n) is 19.5. The fraction of sp³-hybridized carbons (Fsp3) is 0.400. The van der Waals surface area contributed by atoms with Gasteiger partial charge >= 0.3 is 0 Å². The topological polar surface area (TPSA) is 78.6 Å². The lowest BCUT2D eigenvalue weighted by Gasteiger charge is -2.21. The Balaban J connectivity index is 0.000000156. The van der Waals surface area contributed by atoms with E-state index < -0.39 is 17.5 Å². The van der Waals surface area contributed by atoms with Crippen molar-refractivity contribution in [3.63, 3.8) is 0 Å². The molecule has 6 rings (SSSR count). The molecule has 1 aliphatic heterocycles. The number of nitrogens with zero attached hydrogens (tertiary/aromatic N) is 6. The smallest absolute Gasteiger partial charge is 0.182 e. The number of aryl methyl sites for hydroxylation is 2. The third-order valence-corrected chi connectivity index (χ3v) is 6.24. The van der Waals surface area contributed by atoms with Crippen LogP contribution in [0.3, 0.4) is 0 Å². The van der Waals surface area contributed by atoms with Gasteiger partial charge in [-0.1, -0.05) is 0 Å². The molecule has 1 saturated carbocycles. The maximum Gasteiger partial charge on any atom is 0.182 e. The lowest BCUT2D eigenvalue weighted by Crippen LogP contribution is -2.10. The maximum absolute atomic E-state index is 13.9. The van der Waals surface area contributed by atoms with Crippen molar-refractivity contribution in [2.45, 2.75) is 58.1 Å². The number of benzene rings is 1. The van der Waals surface area contributed by atoms with Crippen molar-refractivity contribution in [1.29, 1.82) is 0 Å². The van der Waals surface area contributed by atoms with Gasteiger partial charge in [0.05, 0.1) is 29.7 Å². The van der Waals surface area contributed by atoms with E-state index in [1.165, 1.54) is 37.6 Å². The lowest BCUT2D eigenvalue weighted by molar-refractivity contribution is 0.0149. The van der Waals surface area contributed by atoms with Crippen molar-refractivity contribution in [1.82, 2.24) is 29.7 Å². The molecular weight excluding hydrogens is 457 g/mol. The fourth-order valence-electron chi connectivity index (χ4n) is 4.01. The summed E-state index contributed by atoms with van der Waals surface area (Å²) in [6, 6.07) is 1.92. The number of rotatable bonds is 3. The molecule has 4 aromatic rings. The minimum absolute atomic E-state index is 0.0759. The van der Waals surface area contributed by atoms with E-state index in [1.54, 1.807) is 13.8 Å². The molecule has 35 heavy (non-hydrogen) atoms. The summed E-state index contributed by atoms with van der Waals surface area (Å²) in [5, 5.41) is 4.39. The van der Waals surface area contributed by atoms with Gasteiger partial charge in [0, 0.05) is 30.0 Å². The zero-order chi connectivity index (χ0) is 24.5. The molecule has 7 nitrogen and oxygen atoms in total. The Morgan fingerprint density at radius 2 is 1.69 bits per heavy atom. The minimum Gasteiger partial charge on any atom is -0.373 e. The van der Waals surface area contributed by atoms with E-state index in [0.29, 0.717) is 29.6 Å². The summed E-state index contributed by atoms with van der Waals surface area (Å²) in [5.41, 5.74) is 2.99. The van der Waals surface area contributed by atoms with Crippen molar-refractivity contribution in [3.8, 4) is 11.3 Å². The first-order valence-corrected chi connectivity index (χ1v) is 11.7. The van der Waals surface area contributed by atoms with Gasteiger partial charge in [0.2, 0.25) is 0 Å². The van der Waals surface area contributed by atoms with Gasteiger partial charge in [-0.25, -0.2) is 33.1 Å². The van der Waals surface area contributed by atoms with E-state index in [4.69, 9.17) is 4.74 Å². The summed E-state index contributed by atoms with van der Waals surface area (Å²) in [4.78, 5) is 16.4. The highest BCUT2D eigenvalue weighted by molar-refractivity contribution is 5.86. The molecule has 0 radical (unpaired) electrons. The Bertz CT molecular complexity index is 1370. The molecule has 1 aromatic carbocycles. The van der Waals surface area contributed by atoms with Gasteiger partial charge in [0.15, 0.2) is 17.3 Å². The van der Waals surface area contributed by atoms with Crippen molar-refractivity contribution in [2.24, 2.45) is 0 Å². The first-order chi connectivity index (χ1) is 16.9. The van der Waals surface area contributed by atoms with Crippen LogP contribution in [0.25, 0.3) is 22.4 Å². The van der Waals surface area contributed by atoms with Crippen LogP contribution >= 0.6 is 0 Å². The van der Waals surface area contributed by atoms with Crippen molar-refractivity contribution in [2.75, 3.05) is 6.61 Å². The number of hydrogen-bond acceptors (Lipinski definition) is 6. The maximum atomic E-state index is 13.9. The molecule has 0 spiro atoms. The minimum atomic E-state index is -1.26. The molecule has 10 heteroatoms. The molecule has 1 atom stereocenters. The van der Waals surface area contributed by atoms with Gasteiger partial charge in [0.25, 0.3) is 0 Å². The fourth-order valence-corrected chi connectivity index (χ4v) is 4.01. The van der Waals surface area contributed by atoms with Crippen LogP contribution in [-0.2, 0) is 4.74 Å². The first-order valence-electron chi connectivity index (χ1n) is 11.7. The average molecular weight is 483 g/mol. The second-order valence-electron chi connectivity index (χ2n) is 8.88. The van der Waals surface area contributed by atoms with Crippen molar-refractivity contribution < 1.29 is 17.9 Å². The molecule has 0 amide bonds. The van der Waals surface area contributed by atoms with Crippen molar-refractivity contribution >= 4 is 11.2 Å². The van der Waals surface area contributed by atoms with Gasteiger partial charge in [-0.3, -0.25) is 4.68 Å². The molecule has 3 aromatic heterocycles. The van der Waals surface area contributed by atoms with Crippen LogP contribution in [0, 0.1) is 31.3 Å². The SMILES string of the molecule is Cc1nc2ncnc(-c3cc(F)c(F)cc3F)c2nc1C.c1nn(C2CC2)cc1C1CCCCO1. The van der Waals surface area contributed by atoms with E-state index in [0.717, 1.165) is 19.1 Å². The highest BCUT2D eigenvalue weighted by atomic mass is 19.2. The van der Waals surface area contributed by atoms with Gasteiger partial charge < -0.3 is 4.74 Å². The van der Waals surface area contributed by atoms with E-state index >= 15 is 0 Å². The standard InChI is InChI=1S/C14H9F3N4.C11H16N2O/c1-6-7(2)21-14-13(20-6)12(18-5-19-14)8-3-10(16)11(17)4-9(8)15;1-2-6-14-11(3-1)9-7-12-13(8-9)10-4-5-10/h3-5H,1-2H3;7-8,10-11H,1-6H2. The highest BCUT2D eigenvalue weighted by Crippen LogP contribution is 2.36. The lowest BCUT2D eigenvalue weighted by atomic mass is 10.0. The second-order valence-corrected chi connectivity index (χ2v) is 8.88. The number of hydrogen-bond donors (Lipinski definition) is 0. The highest BCUT2D eigenvalue weighted by Gasteiger charge is 2.26. The zero-order valence-corrected chi connectivity index (χ0v) is 19.5. The molecule has 2 aliphatic rings. The summed E-state index contributed by atoms with van der Waals surface area (Å²) in [5.74, 6) is -3.34. The largest absolute Gasteiger partial charge is 0.373 e. The number of halogens is 3. The van der Waals surface area contributed by atoms with Crippen LogP contribution in [0.5, 0.6) is 0 Å². The van der Waals surface area contributed by atoms with Gasteiger partial charge in [0.1, 0.15) is 23.4 Å². The Morgan fingerprint density at radius 3 is 2.43 bits per heavy atom. The van der Waals surface area contributed by atoms with Gasteiger partial charge in [-0.05, 0) is 52.0 Å². The van der Waals surface area contributed by atoms with Crippen LogP contribution in [0.2, 0.25) is 0 Å². The predicted octanol–water partition coefficient (Wildman–Crippen LogP) is 5.58. The Morgan fingerprint density at radius 1 is 0.914 bits per heavy atom. The molecule has 2 fully saturated rings. The number of aromatic nitrogens is 6. The van der Waals surface area contributed by atoms with Crippen LogP contribution in [0.4, 0.5) is 13.2 Å². The van der Waals surface area contributed by atoms with E-state index in [9.17, 15) is 13.2 Å². The predicted molar refractivity (Wildman–Crippen MR) is 123 cm³/mol. The molecule has 1 unspecified atom stereocenters. The Hall–Kier alpha value is -3.40. The molecule has 1 saturated heterocycles. The van der Waals surface area contributed by atoms with E-state index in [1.807, 2.05) is 6.20 Å². The third kappa shape index (κ3) is 5.02. The molecule has 0 bridgehead atoms.